The van der Waals surface area contributed by atoms with E-state index in [-0.39, 0.29) is 24.3 Å². The second-order valence-electron chi connectivity index (χ2n) is 8.24. The number of carbonyl (C=O) groups is 1. The van der Waals surface area contributed by atoms with Crippen molar-refractivity contribution in [1.82, 2.24) is 19.4 Å². The summed E-state index contributed by atoms with van der Waals surface area (Å²) in [4.78, 5) is 22.1. The standard InChI is InChI=1S/C21H32N4O2/c1-15(2)21-22-18-7-5-6-8-19(18)25(21)13-20(27)24-11-16(14-26)9-10-17(12-24)23(3)4/h5-8,15-17,26H,9-14H2,1-4H3/t16-,17+/m0/s1. The molecule has 1 aromatic carbocycles. The molecule has 3 rings (SSSR count). The Morgan fingerprint density at radius 1 is 1.26 bits per heavy atom. The van der Waals surface area contributed by atoms with Crippen LogP contribution in [0.4, 0.5) is 0 Å². The average molecular weight is 373 g/mol. The summed E-state index contributed by atoms with van der Waals surface area (Å²) in [6, 6.07) is 8.33. The van der Waals surface area contributed by atoms with Gasteiger partial charge in [0, 0.05) is 31.7 Å². The lowest BCUT2D eigenvalue weighted by molar-refractivity contribution is -0.132. The second-order valence-corrected chi connectivity index (χ2v) is 8.24. The monoisotopic (exact) mass is 372 g/mol. The maximum Gasteiger partial charge on any atom is 0.242 e. The van der Waals surface area contributed by atoms with Crippen LogP contribution in [0, 0.1) is 5.92 Å². The van der Waals surface area contributed by atoms with E-state index < -0.39 is 0 Å². The van der Waals surface area contributed by atoms with Crippen LogP contribution in [0.5, 0.6) is 0 Å². The van der Waals surface area contributed by atoms with Crippen molar-refractivity contribution in [2.75, 3.05) is 33.8 Å². The number of benzene rings is 1. The first kappa shape index (κ1) is 19.8. The van der Waals surface area contributed by atoms with Crippen LogP contribution >= 0.6 is 0 Å². The van der Waals surface area contributed by atoms with Gasteiger partial charge in [0.25, 0.3) is 0 Å². The molecule has 0 aliphatic carbocycles. The van der Waals surface area contributed by atoms with Gasteiger partial charge in [-0.3, -0.25) is 4.79 Å². The highest BCUT2D eigenvalue weighted by atomic mass is 16.3. The largest absolute Gasteiger partial charge is 0.396 e. The molecule has 1 aromatic heterocycles. The van der Waals surface area contributed by atoms with Crippen molar-refractivity contribution in [3.05, 3.63) is 30.1 Å². The van der Waals surface area contributed by atoms with Crippen LogP contribution in [-0.4, -0.2) is 70.2 Å². The molecule has 0 spiro atoms. The number of likely N-dealkylation sites (N-methyl/N-ethyl adjacent to an activating group) is 1. The summed E-state index contributed by atoms with van der Waals surface area (Å²) in [6.07, 6.45) is 1.96. The fraction of sp³-hybridized carbons (Fsp3) is 0.619. The van der Waals surface area contributed by atoms with Gasteiger partial charge >= 0.3 is 0 Å². The molecule has 27 heavy (non-hydrogen) atoms. The zero-order valence-electron chi connectivity index (χ0n) is 16.9. The molecule has 0 saturated carbocycles. The summed E-state index contributed by atoms with van der Waals surface area (Å²) >= 11 is 0. The minimum Gasteiger partial charge on any atom is -0.396 e. The third kappa shape index (κ3) is 4.33. The number of aliphatic hydroxyl groups is 1. The number of para-hydroxylation sites is 2. The molecule has 2 aromatic rings. The van der Waals surface area contributed by atoms with Gasteiger partial charge in [-0.25, -0.2) is 4.98 Å². The Labute approximate surface area is 161 Å². The van der Waals surface area contributed by atoms with Crippen molar-refractivity contribution in [3.63, 3.8) is 0 Å². The zero-order chi connectivity index (χ0) is 19.6. The van der Waals surface area contributed by atoms with Crippen LogP contribution in [0.2, 0.25) is 0 Å². The van der Waals surface area contributed by atoms with Gasteiger partial charge in [0.05, 0.1) is 11.0 Å². The molecule has 0 unspecified atom stereocenters. The van der Waals surface area contributed by atoms with Crippen LogP contribution in [-0.2, 0) is 11.3 Å². The van der Waals surface area contributed by atoms with Crippen molar-refractivity contribution >= 4 is 16.9 Å². The first-order chi connectivity index (χ1) is 12.9. The summed E-state index contributed by atoms with van der Waals surface area (Å²) in [5.74, 6) is 1.45. The molecule has 1 N–H and O–H groups in total. The van der Waals surface area contributed by atoms with Crippen molar-refractivity contribution in [1.29, 1.82) is 0 Å². The molecule has 2 atom stereocenters. The molecule has 148 valence electrons. The van der Waals surface area contributed by atoms with E-state index in [9.17, 15) is 9.90 Å². The molecule has 1 aliphatic rings. The Hall–Kier alpha value is -1.92. The summed E-state index contributed by atoms with van der Waals surface area (Å²) in [5.41, 5.74) is 1.94. The Balaban J connectivity index is 1.87. The summed E-state index contributed by atoms with van der Waals surface area (Å²) in [6.45, 7) is 5.99. The fourth-order valence-electron chi connectivity index (χ4n) is 3.96. The molecule has 1 fully saturated rings. The minimum absolute atomic E-state index is 0.104. The van der Waals surface area contributed by atoms with Gasteiger partial charge in [-0.2, -0.15) is 0 Å². The summed E-state index contributed by atoms with van der Waals surface area (Å²) < 4.78 is 2.06. The molecule has 6 heteroatoms. The van der Waals surface area contributed by atoms with E-state index in [0.717, 1.165) is 29.7 Å². The highest BCUT2D eigenvalue weighted by molar-refractivity contribution is 5.81. The zero-order valence-corrected chi connectivity index (χ0v) is 16.9. The number of hydrogen-bond acceptors (Lipinski definition) is 4. The molecule has 2 heterocycles. The predicted octanol–water partition coefficient (Wildman–Crippen LogP) is 2.32. The van der Waals surface area contributed by atoms with Crippen LogP contribution in [0.25, 0.3) is 11.0 Å². The third-order valence-electron chi connectivity index (χ3n) is 5.65. The molecule has 0 radical (unpaired) electrons. The maximum atomic E-state index is 13.2. The number of imidazole rings is 1. The number of rotatable bonds is 5. The van der Waals surface area contributed by atoms with Gasteiger partial charge in [-0.05, 0) is 45.0 Å². The number of aliphatic hydroxyl groups excluding tert-OH is 1. The number of hydrogen-bond donors (Lipinski definition) is 1. The molecule has 6 nitrogen and oxygen atoms in total. The third-order valence-corrected chi connectivity index (χ3v) is 5.65. The van der Waals surface area contributed by atoms with Gasteiger partial charge in [0.15, 0.2) is 0 Å². The first-order valence-electron chi connectivity index (χ1n) is 9.91. The molecule has 0 bridgehead atoms. The van der Waals surface area contributed by atoms with E-state index in [1.807, 2.05) is 29.2 Å². The lowest BCUT2D eigenvalue weighted by Crippen LogP contribution is -2.44. The van der Waals surface area contributed by atoms with E-state index >= 15 is 0 Å². The number of carbonyl (C=O) groups excluding carboxylic acids is 1. The highest BCUT2D eigenvalue weighted by Crippen LogP contribution is 2.23. The van der Waals surface area contributed by atoms with Crippen LogP contribution in [0.15, 0.2) is 24.3 Å². The fourth-order valence-corrected chi connectivity index (χ4v) is 3.96. The molecule has 1 amide bonds. The van der Waals surface area contributed by atoms with Crippen LogP contribution in [0.3, 0.4) is 0 Å². The normalized spacial score (nSPS) is 21.2. The van der Waals surface area contributed by atoms with Gasteiger partial charge in [-0.15, -0.1) is 0 Å². The Bertz CT molecular complexity index is 784. The Kier molecular flexibility index (Phi) is 6.17. The number of fused-ring (bicyclic) bond motifs is 1. The molecule has 1 saturated heterocycles. The number of nitrogens with zero attached hydrogens (tertiary/aromatic N) is 4. The van der Waals surface area contributed by atoms with Crippen molar-refractivity contribution < 1.29 is 9.90 Å². The van der Waals surface area contributed by atoms with Gasteiger partial charge in [0.1, 0.15) is 12.4 Å². The lowest BCUT2D eigenvalue weighted by Gasteiger charge is -2.29. The predicted molar refractivity (Wildman–Crippen MR) is 108 cm³/mol. The topological polar surface area (TPSA) is 61.6 Å². The minimum atomic E-state index is 0.104. The van der Waals surface area contributed by atoms with E-state index in [2.05, 4.69) is 37.4 Å². The number of likely N-dealkylation sites (tertiary alicyclic amines) is 1. The van der Waals surface area contributed by atoms with E-state index in [0.29, 0.717) is 25.7 Å². The lowest BCUT2D eigenvalue weighted by atomic mass is 10.0. The first-order valence-corrected chi connectivity index (χ1v) is 9.91. The molecular formula is C21H32N4O2. The van der Waals surface area contributed by atoms with Crippen molar-refractivity contribution in [2.45, 2.75) is 45.2 Å². The van der Waals surface area contributed by atoms with Crippen molar-refractivity contribution in [3.8, 4) is 0 Å². The van der Waals surface area contributed by atoms with E-state index in [1.165, 1.54) is 0 Å². The van der Waals surface area contributed by atoms with E-state index in [4.69, 9.17) is 4.98 Å². The quantitative estimate of drug-likeness (QED) is 0.875. The Morgan fingerprint density at radius 2 is 2.00 bits per heavy atom. The van der Waals surface area contributed by atoms with E-state index in [1.54, 1.807) is 0 Å². The smallest absolute Gasteiger partial charge is 0.242 e. The summed E-state index contributed by atoms with van der Waals surface area (Å²) in [5, 5.41) is 9.69. The summed E-state index contributed by atoms with van der Waals surface area (Å²) in [7, 11) is 4.12. The molecule has 1 aliphatic heterocycles. The van der Waals surface area contributed by atoms with Crippen molar-refractivity contribution in [2.24, 2.45) is 5.92 Å². The SMILES string of the molecule is CC(C)c1nc2ccccc2n1CC(=O)N1C[C@@H](CO)CC[C@@H](N(C)C)C1. The second kappa shape index (κ2) is 8.40. The van der Waals surface area contributed by atoms with Crippen LogP contribution < -0.4 is 0 Å². The maximum absolute atomic E-state index is 13.2. The van der Waals surface area contributed by atoms with Crippen LogP contribution in [0.1, 0.15) is 38.4 Å². The Morgan fingerprint density at radius 3 is 2.67 bits per heavy atom. The highest BCUT2D eigenvalue weighted by Gasteiger charge is 2.28. The van der Waals surface area contributed by atoms with Gasteiger partial charge in [-0.1, -0.05) is 26.0 Å². The number of amides is 1. The average Bonchev–Trinajstić information content (AvgIpc) is 2.86. The number of aromatic nitrogens is 2. The molecular weight excluding hydrogens is 340 g/mol. The van der Waals surface area contributed by atoms with Gasteiger partial charge in [0.2, 0.25) is 5.91 Å². The van der Waals surface area contributed by atoms with Gasteiger partial charge < -0.3 is 19.5 Å².